The molecule has 0 aromatic rings. The highest BCUT2D eigenvalue weighted by atomic mass is 16.6. The van der Waals surface area contributed by atoms with Crippen LogP contribution in [0.5, 0.6) is 0 Å². The normalized spacial score (nSPS) is 14.3. The third kappa shape index (κ3) is 57.9. The van der Waals surface area contributed by atoms with Crippen LogP contribution < -0.4 is 31.9 Å². The molecule has 0 aliphatic heterocycles. The number of hydrogen-bond acceptors (Lipinski definition) is 28. The molecule has 0 aliphatic carbocycles. The van der Waals surface area contributed by atoms with E-state index in [9.17, 15) is 60.0 Å². The standard InChI is InChI=1S/C46H92N4O18.C16H34N2O8/c1-2-3-4-7-12-41(56)48-16-22-62-26-30-66-36-46(37-67-31-27-63-23-17-49-42(57)13-8-5-10-19-51,38-68-32-28-64-24-18-50-43(58)14-9-6-11-20-52)35-65-29-25-61-21-15-47-33-39(54)44(59)45(60)40(55)34-53;19-7-3-1-2-4-14(23)18-6-9-26-8-5-17-10-12(21)15(24)16(25)13(22)11-20/h39-40,44-45,47,51-55,59-60H,2-38H2,1H3,(H,48,56)(H,49,57)(H,50,58);12-13,15-17,19-22,24-25H,1-11H2,(H,18,23)/t39-,40-,44+,45-;12-,13-,15+,16-/m00/s1. The molecule has 0 radical (unpaired) electrons. The molecule has 19 N–H and O–H groups in total. The molecule has 560 valence electrons. The maximum atomic E-state index is 12.1. The first-order valence-corrected chi connectivity index (χ1v) is 33.7. The molecule has 0 saturated carbocycles. The van der Waals surface area contributed by atoms with Crippen LogP contribution in [0.15, 0.2) is 0 Å². The molecule has 0 aliphatic rings. The molecule has 94 heavy (non-hydrogen) atoms. The average molecular weight is 1370 g/mol. The molecule has 0 bridgehead atoms. The van der Waals surface area contributed by atoms with Gasteiger partial charge in [0.2, 0.25) is 23.6 Å². The van der Waals surface area contributed by atoms with Crippen molar-refractivity contribution in [3.05, 3.63) is 0 Å². The number of ether oxygens (including phenoxy) is 9. The Hall–Kier alpha value is -3.08. The van der Waals surface area contributed by atoms with Gasteiger partial charge in [-0.2, -0.15) is 0 Å². The van der Waals surface area contributed by atoms with E-state index in [0.29, 0.717) is 130 Å². The van der Waals surface area contributed by atoms with Crippen molar-refractivity contribution in [3.63, 3.8) is 0 Å². The van der Waals surface area contributed by atoms with E-state index in [-0.39, 0.29) is 142 Å². The lowest BCUT2D eigenvalue weighted by Crippen LogP contribution is -2.49. The lowest BCUT2D eigenvalue weighted by Gasteiger charge is -2.33. The molecule has 0 spiro atoms. The van der Waals surface area contributed by atoms with Gasteiger partial charge < -0.3 is 141 Å². The number of aliphatic hydroxyl groups is 13. The van der Waals surface area contributed by atoms with Crippen LogP contribution in [0.3, 0.4) is 0 Å². The summed E-state index contributed by atoms with van der Waals surface area (Å²) in [6.07, 6.45) is 0.0555. The second-order valence-electron chi connectivity index (χ2n) is 22.6. The molecular weight excluding hydrogens is 1240 g/mol. The lowest BCUT2D eigenvalue weighted by atomic mass is 9.92. The van der Waals surface area contributed by atoms with Gasteiger partial charge in [-0.25, -0.2) is 0 Å². The first-order chi connectivity index (χ1) is 45.5. The number of carbonyl (C=O) groups is 4. The summed E-state index contributed by atoms with van der Waals surface area (Å²) in [5.74, 6) is -0.173. The van der Waals surface area contributed by atoms with Gasteiger partial charge in [0.15, 0.2) is 0 Å². The Kier molecular flexibility index (Phi) is 67.7. The predicted octanol–water partition coefficient (Wildman–Crippen LogP) is -4.75. The molecule has 0 saturated heterocycles. The third-order valence-corrected chi connectivity index (χ3v) is 14.0. The molecule has 0 rings (SSSR count). The smallest absolute Gasteiger partial charge is 0.220 e. The maximum Gasteiger partial charge on any atom is 0.220 e. The molecule has 8 atom stereocenters. The van der Waals surface area contributed by atoms with Gasteiger partial charge in [0.25, 0.3) is 0 Å². The highest BCUT2D eigenvalue weighted by Crippen LogP contribution is 2.21. The van der Waals surface area contributed by atoms with Crippen molar-refractivity contribution in [1.29, 1.82) is 0 Å². The molecule has 0 aromatic heterocycles. The maximum absolute atomic E-state index is 12.1. The van der Waals surface area contributed by atoms with E-state index < -0.39 is 67.5 Å². The fraction of sp³-hybridized carbons (Fsp3) is 0.935. The van der Waals surface area contributed by atoms with Crippen LogP contribution >= 0.6 is 0 Å². The predicted molar refractivity (Wildman–Crippen MR) is 345 cm³/mol. The number of rotatable bonds is 70. The first-order valence-electron chi connectivity index (χ1n) is 33.7. The summed E-state index contributed by atoms with van der Waals surface area (Å²) in [7, 11) is 0. The van der Waals surface area contributed by atoms with Crippen LogP contribution in [-0.2, 0) is 61.8 Å². The summed E-state index contributed by atoms with van der Waals surface area (Å²) < 4.78 is 52.4. The molecule has 0 aromatic carbocycles. The second-order valence-corrected chi connectivity index (χ2v) is 22.6. The van der Waals surface area contributed by atoms with E-state index in [2.05, 4.69) is 38.8 Å². The molecule has 4 amide bonds. The van der Waals surface area contributed by atoms with Crippen molar-refractivity contribution in [2.45, 2.75) is 165 Å². The highest BCUT2D eigenvalue weighted by molar-refractivity contribution is 5.76. The van der Waals surface area contributed by atoms with E-state index >= 15 is 0 Å². The van der Waals surface area contributed by atoms with Gasteiger partial charge in [0.1, 0.15) is 36.6 Å². The van der Waals surface area contributed by atoms with E-state index in [1.54, 1.807) is 0 Å². The zero-order valence-electron chi connectivity index (χ0n) is 56.2. The summed E-state index contributed by atoms with van der Waals surface area (Å²) in [5.41, 5.74) is -0.799. The lowest BCUT2D eigenvalue weighted by molar-refractivity contribution is -0.123. The van der Waals surface area contributed by atoms with Crippen LogP contribution in [0.4, 0.5) is 0 Å². The molecule has 32 heteroatoms. The molecule has 0 heterocycles. The molecule has 0 fully saturated rings. The summed E-state index contributed by atoms with van der Waals surface area (Å²) >= 11 is 0. The monoisotopic (exact) mass is 1370 g/mol. The number of nitrogens with one attached hydrogen (secondary N) is 6. The minimum absolute atomic E-state index is 0.00946. The van der Waals surface area contributed by atoms with Crippen molar-refractivity contribution in [3.8, 4) is 0 Å². The zero-order chi connectivity index (χ0) is 70.0. The van der Waals surface area contributed by atoms with Gasteiger partial charge in [0, 0.05) is 97.9 Å². The van der Waals surface area contributed by atoms with Gasteiger partial charge in [-0.1, -0.05) is 45.4 Å². The van der Waals surface area contributed by atoms with Gasteiger partial charge >= 0.3 is 0 Å². The van der Waals surface area contributed by atoms with Crippen LogP contribution in [0.2, 0.25) is 0 Å². The van der Waals surface area contributed by atoms with E-state index in [1.165, 1.54) is 0 Å². The molecule has 32 nitrogen and oxygen atoms in total. The summed E-state index contributed by atoms with van der Waals surface area (Å²) in [5, 5.41) is 138. The van der Waals surface area contributed by atoms with E-state index in [4.69, 9.17) is 68.2 Å². The molecule has 0 unspecified atom stereocenters. The van der Waals surface area contributed by atoms with Gasteiger partial charge in [-0.05, 0) is 44.9 Å². The topological polar surface area (TPSA) is 487 Å². The van der Waals surface area contributed by atoms with Crippen molar-refractivity contribution in [2.24, 2.45) is 5.41 Å². The SMILES string of the molecule is CCCCCCC(=O)NCCOCCOCC(COCCOCCNC[C@H](O)[C@@H](O)[C@@H](O)[C@@H](O)CO)(COCCOCCNC(=O)CCCCCO)COCCOCCNC(=O)CCCCCO.O=C(CCCCCO)NCCOCCNC[C@H](O)[C@@H](O)[C@@H](O)[C@@H](O)CO. The number of amides is 4. The second kappa shape index (κ2) is 68.4. The fourth-order valence-electron chi connectivity index (χ4n) is 8.38. The van der Waals surface area contributed by atoms with Crippen LogP contribution in [0.1, 0.15) is 116 Å². The van der Waals surface area contributed by atoms with Crippen molar-refractivity contribution in [2.75, 3.05) is 204 Å². The first kappa shape index (κ1) is 93.0. The Balaban J connectivity index is 0. The van der Waals surface area contributed by atoms with Crippen molar-refractivity contribution < 1.29 is 128 Å². The van der Waals surface area contributed by atoms with E-state index in [1.807, 2.05) is 0 Å². The minimum atomic E-state index is -1.71. The molecular formula is C62H126N6O26. The Bertz CT molecular complexity index is 1600. The zero-order valence-corrected chi connectivity index (χ0v) is 56.2. The number of hydrogen-bond donors (Lipinski definition) is 19. The highest BCUT2D eigenvalue weighted by Gasteiger charge is 2.34. The van der Waals surface area contributed by atoms with Gasteiger partial charge in [0.05, 0.1) is 150 Å². The number of aliphatic hydroxyl groups excluding tert-OH is 13. The van der Waals surface area contributed by atoms with Gasteiger partial charge in [-0.3, -0.25) is 19.2 Å². The summed E-state index contributed by atoms with van der Waals surface area (Å²) in [6, 6.07) is 0. The van der Waals surface area contributed by atoms with E-state index in [0.717, 1.165) is 51.4 Å². The Morgan fingerprint density at radius 3 is 0.819 bits per heavy atom. The third-order valence-electron chi connectivity index (χ3n) is 14.0. The van der Waals surface area contributed by atoms with Crippen LogP contribution in [-0.4, -0.2) is 343 Å². The Morgan fingerprint density at radius 1 is 0.309 bits per heavy atom. The summed E-state index contributed by atoms with van der Waals surface area (Å²) in [6.45, 7) is 7.58. The van der Waals surface area contributed by atoms with Crippen LogP contribution in [0, 0.1) is 5.41 Å². The Morgan fingerprint density at radius 2 is 0.553 bits per heavy atom. The summed E-state index contributed by atoms with van der Waals surface area (Å²) in [4.78, 5) is 47.6. The number of unbranched alkanes of at least 4 members (excludes halogenated alkanes) is 9. The minimum Gasteiger partial charge on any atom is -0.396 e. The number of carbonyl (C=O) groups excluding carboxylic acids is 4. The fourth-order valence-corrected chi connectivity index (χ4v) is 8.38. The van der Waals surface area contributed by atoms with Crippen LogP contribution in [0.25, 0.3) is 0 Å². The average Bonchev–Trinajstić information content (AvgIpc) is 1.16. The quantitative estimate of drug-likeness (QED) is 0.0254. The van der Waals surface area contributed by atoms with Crippen molar-refractivity contribution in [1.82, 2.24) is 31.9 Å². The largest absolute Gasteiger partial charge is 0.396 e. The Labute approximate surface area is 556 Å². The van der Waals surface area contributed by atoms with Gasteiger partial charge in [-0.15, -0.1) is 0 Å². The van der Waals surface area contributed by atoms with Crippen molar-refractivity contribution >= 4 is 23.6 Å².